The van der Waals surface area contributed by atoms with Gasteiger partial charge in [0, 0.05) is 0 Å². The van der Waals surface area contributed by atoms with Crippen LogP contribution in [0.4, 0.5) is 0 Å². The number of benzene rings is 4. The number of carbonyl (C=O) groups is 1. The third kappa shape index (κ3) is 4.99. The number of esters is 1. The first-order valence-corrected chi connectivity index (χ1v) is 9.78. The van der Waals surface area contributed by atoms with E-state index in [1.165, 1.54) is 11.1 Å². The molecule has 4 aromatic carbocycles. The highest BCUT2D eigenvalue weighted by molar-refractivity contribution is 5.91. The predicted octanol–water partition coefficient (Wildman–Crippen LogP) is 6.36. The molecule has 0 heterocycles. The average Bonchev–Trinajstić information content (AvgIpc) is 2.80. The molecule has 0 aromatic heterocycles. The van der Waals surface area contributed by atoms with Gasteiger partial charge in [-0.1, -0.05) is 84.9 Å². The average molecular weight is 378 g/mol. The maximum Gasteiger partial charge on any atom is 0.343 e. The molecule has 0 aliphatic carbocycles. The number of hydrogen-bond donors (Lipinski definition) is 0. The van der Waals surface area contributed by atoms with Crippen LogP contribution < -0.4 is 4.74 Å². The second-order valence-corrected chi connectivity index (χ2v) is 6.96. The molecule has 0 bridgehead atoms. The summed E-state index contributed by atoms with van der Waals surface area (Å²) in [6.45, 7) is 0. The summed E-state index contributed by atoms with van der Waals surface area (Å²) in [5.41, 5.74) is 5.30. The van der Waals surface area contributed by atoms with E-state index >= 15 is 0 Å². The van der Waals surface area contributed by atoms with Gasteiger partial charge in [-0.25, -0.2) is 4.79 Å². The fourth-order valence-electron chi connectivity index (χ4n) is 3.25. The first kappa shape index (κ1) is 18.7. The minimum absolute atomic E-state index is 0.341. The van der Waals surface area contributed by atoms with E-state index in [2.05, 4.69) is 36.4 Å². The highest BCUT2D eigenvalue weighted by atomic mass is 16.5. The molecule has 2 nitrogen and oxygen atoms in total. The maximum atomic E-state index is 12.4. The summed E-state index contributed by atoms with van der Waals surface area (Å²) in [4.78, 5) is 12.4. The van der Waals surface area contributed by atoms with Crippen molar-refractivity contribution in [3.63, 3.8) is 0 Å². The van der Waals surface area contributed by atoms with Gasteiger partial charge in [0.1, 0.15) is 5.75 Å². The van der Waals surface area contributed by atoms with E-state index in [1.807, 2.05) is 72.8 Å². The lowest BCUT2D eigenvalue weighted by atomic mass is 10.0. The van der Waals surface area contributed by atoms with Gasteiger partial charge in [-0.2, -0.15) is 0 Å². The lowest BCUT2D eigenvalue weighted by Gasteiger charge is -2.07. The van der Waals surface area contributed by atoms with Crippen molar-refractivity contribution in [3.05, 3.63) is 126 Å². The van der Waals surface area contributed by atoms with E-state index in [1.54, 1.807) is 0 Å². The molecule has 4 rings (SSSR count). The van der Waals surface area contributed by atoms with Gasteiger partial charge in [0.15, 0.2) is 0 Å². The van der Waals surface area contributed by atoms with Gasteiger partial charge in [0.2, 0.25) is 0 Å². The Morgan fingerprint density at radius 3 is 1.69 bits per heavy atom. The molecular weight excluding hydrogens is 356 g/mol. The summed E-state index contributed by atoms with van der Waals surface area (Å²) in [6, 6.07) is 35.8. The summed E-state index contributed by atoms with van der Waals surface area (Å²) < 4.78 is 5.52. The van der Waals surface area contributed by atoms with Gasteiger partial charge in [-0.15, -0.1) is 0 Å². The minimum Gasteiger partial charge on any atom is -0.423 e. The molecule has 0 saturated heterocycles. The van der Waals surface area contributed by atoms with Crippen LogP contribution in [0.2, 0.25) is 0 Å². The van der Waals surface area contributed by atoms with Gasteiger partial charge in [-0.05, 0) is 59.4 Å². The van der Waals surface area contributed by atoms with Gasteiger partial charge < -0.3 is 4.74 Å². The number of carbonyl (C=O) groups excluding carboxylic acids is 1. The Hall–Kier alpha value is -3.65. The molecule has 0 aliphatic heterocycles. The van der Waals surface area contributed by atoms with Crippen LogP contribution in [0, 0.1) is 0 Å². The Balaban J connectivity index is 1.36. The van der Waals surface area contributed by atoms with Gasteiger partial charge in [0.25, 0.3) is 0 Å². The number of ether oxygens (including phenoxy) is 1. The first-order chi connectivity index (χ1) is 14.3. The maximum absolute atomic E-state index is 12.4. The van der Waals surface area contributed by atoms with Crippen molar-refractivity contribution in [2.45, 2.75) is 12.8 Å². The summed E-state index contributed by atoms with van der Waals surface area (Å²) in [6.07, 6.45) is 1.93. The molecule has 4 aromatic rings. The Bertz CT molecular complexity index is 1050. The van der Waals surface area contributed by atoms with E-state index in [9.17, 15) is 4.79 Å². The molecule has 0 saturated carbocycles. The molecule has 142 valence electrons. The monoisotopic (exact) mass is 378 g/mol. The van der Waals surface area contributed by atoms with Crippen LogP contribution >= 0.6 is 0 Å². The first-order valence-electron chi connectivity index (χ1n) is 9.78. The molecule has 0 spiro atoms. The van der Waals surface area contributed by atoms with Crippen molar-refractivity contribution in [1.82, 2.24) is 0 Å². The van der Waals surface area contributed by atoms with E-state index in [0.717, 1.165) is 24.0 Å². The zero-order valence-corrected chi connectivity index (χ0v) is 16.1. The molecule has 2 heteroatoms. The van der Waals surface area contributed by atoms with Crippen LogP contribution in [0.1, 0.15) is 21.5 Å². The van der Waals surface area contributed by atoms with E-state index in [0.29, 0.717) is 11.3 Å². The normalized spacial score (nSPS) is 10.5. The number of rotatable bonds is 6. The quantitative estimate of drug-likeness (QED) is 0.288. The van der Waals surface area contributed by atoms with E-state index < -0.39 is 0 Å². The largest absolute Gasteiger partial charge is 0.423 e. The summed E-state index contributed by atoms with van der Waals surface area (Å²) in [5, 5.41) is 0. The zero-order valence-electron chi connectivity index (χ0n) is 16.1. The van der Waals surface area contributed by atoms with Crippen molar-refractivity contribution in [2.24, 2.45) is 0 Å². The Morgan fingerprint density at radius 2 is 1.07 bits per heavy atom. The Morgan fingerprint density at radius 1 is 0.552 bits per heavy atom. The molecule has 0 fully saturated rings. The molecule has 0 aliphatic rings. The molecule has 0 amide bonds. The van der Waals surface area contributed by atoms with Crippen LogP contribution in [-0.2, 0) is 12.8 Å². The van der Waals surface area contributed by atoms with Crippen LogP contribution in [0.15, 0.2) is 109 Å². The highest BCUT2D eigenvalue weighted by Crippen LogP contribution is 2.22. The third-order valence-corrected chi connectivity index (χ3v) is 4.91. The van der Waals surface area contributed by atoms with Gasteiger partial charge in [-0.3, -0.25) is 0 Å². The topological polar surface area (TPSA) is 26.3 Å². The SMILES string of the molecule is O=C(Oc1ccc(-c2ccccc2)cc1)c1ccc(CCc2ccccc2)cc1. The van der Waals surface area contributed by atoms with Gasteiger partial charge >= 0.3 is 5.97 Å². The standard InChI is InChI=1S/C27H22O2/c28-27(29-26-19-17-24(18-20-26)23-9-5-2-6-10-23)25-15-13-22(14-16-25)12-11-21-7-3-1-4-8-21/h1-10,13-20H,11-12H2. The van der Waals surface area contributed by atoms with E-state index in [-0.39, 0.29) is 5.97 Å². The summed E-state index contributed by atoms with van der Waals surface area (Å²) in [5.74, 6) is 0.204. The minimum atomic E-state index is -0.341. The third-order valence-electron chi connectivity index (χ3n) is 4.91. The summed E-state index contributed by atoms with van der Waals surface area (Å²) in [7, 11) is 0. The molecule has 0 N–H and O–H groups in total. The van der Waals surface area contributed by atoms with Crippen molar-refractivity contribution >= 4 is 5.97 Å². The van der Waals surface area contributed by atoms with Crippen molar-refractivity contribution in [3.8, 4) is 16.9 Å². The van der Waals surface area contributed by atoms with Crippen LogP contribution in [-0.4, -0.2) is 5.97 Å². The smallest absolute Gasteiger partial charge is 0.343 e. The highest BCUT2D eigenvalue weighted by Gasteiger charge is 2.09. The Kier molecular flexibility index (Phi) is 5.82. The Labute approximate surface area is 171 Å². The van der Waals surface area contributed by atoms with Crippen LogP contribution in [0.3, 0.4) is 0 Å². The fraction of sp³-hybridized carbons (Fsp3) is 0.0741. The number of hydrogen-bond acceptors (Lipinski definition) is 2. The van der Waals surface area contributed by atoms with Gasteiger partial charge in [0.05, 0.1) is 5.56 Å². The predicted molar refractivity (Wildman–Crippen MR) is 117 cm³/mol. The zero-order chi connectivity index (χ0) is 19.9. The second-order valence-electron chi connectivity index (χ2n) is 6.96. The molecule has 29 heavy (non-hydrogen) atoms. The molecular formula is C27H22O2. The number of aryl methyl sites for hydroxylation is 2. The molecule has 0 atom stereocenters. The van der Waals surface area contributed by atoms with Crippen molar-refractivity contribution < 1.29 is 9.53 Å². The lowest BCUT2D eigenvalue weighted by Crippen LogP contribution is -2.08. The summed E-state index contributed by atoms with van der Waals surface area (Å²) >= 11 is 0. The molecule has 0 unspecified atom stereocenters. The molecule has 0 radical (unpaired) electrons. The van der Waals surface area contributed by atoms with E-state index in [4.69, 9.17) is 4.74 Å². The fourth-order valence-corrected chi connectivity index (χ4v) is 3.25. The van der Waals surface area contributed by atoms with Crippen LogP contribution in [0.5, 0.6) is 5.75 Å². The lowest BCUT2D eigenvalue weighted by molar-refractivity contribution is 0.0735. The van der Waals surface area contributed by atoms with Crippen LogP contribution in [0.25, 0.3) is 11.1 Å². The van der Waals surface area contributed by atoms with Crippen molar-refractivity contribution in [1.29, 1.82) is 0 Å². The van der Waals surface area contributed by atoms with Crippen molar-refractivity contribution in [2.75, 3.05) is 0 Å². The second kappa shape index (κ2) is 9.03.